The highest BCUT2D eigenvalue weighted by molar-refractivity contribution is 7.25. The molecule has 0 unspecified atom stereocenters. The summed E-state index contributed by atoms with van der Waals surface area (Å²) in [6.45, 7) is 14.2. The summed E-state index contributed by atoms with van der Waals surface area (Å²) in [6, 6.07) is 19.5. The van der Waals surface area contributed by atoms with Gasteiger partial charge in [-0.1, -0.05) is 55.6 Å². The van der Waals surface area contributed by atoms with Crippen LogP contribution >= 0.6 is 11.3 Å². The van der Waals surface area contributed by atoms with Crippen LogP contribution in [0.3, 0.4) is 0 Å². The Balaban J connectivity index is 1.65. The third-order valence-corrected chi connectivity index (χ3v) is 8.26. The average Bonchev–Trinajstić information content (AvgIpc) is 3.37. The lowest BCUT2D eigenvalue weighted by Gasteiger charge is -2.08. The first-order chi connectivity index (χ1) is 17.0. The summed E-state index contributed by atoms with van der Waals surface area (Å²) in [5.74, 6) is 0. The van der Waals surface area contributed by atoms with Gasteiger partial charge in [-0.05, 0) is 78.8 Å². The summed E-state index contributed by atoms with van der Waals surface area (Å²) in [4.78, 5) is 13.6. The maximum atomic E-state index is 13.6. The number of rotatable bonds is 3. The number of fused-ring (bicyclic) bond motifs is 5. The Morgan fingerprint density at radius 2 is 1.46 bits per heavy atom. The van der Waals surface area contributed by atoms with Gasteiger partial charge in [0.15, 0.2) is 0 Å². The number of aryl methyl sites for hydroxylation is 2. The van der Waals surface area contributed by atoms with Crippen molar-refractivity contribution < 1.29 is 0 Å². The van der Waals surface area contributed by atoms with Crippen molar-refractivity contribution in [2.75, 3.05) is 0 Å². The fraction of sp³-hybridized carbons (Fsp3) is 0.0938. The molecule has 0 fully saturated rings. The van der Waals surface area contributed by atoms with Crippen molar-refractivity contribution in [1.29, 1.82) is 0 Å². The van der Waals surface area contributed by atoms with Gasteiger partial charge in [0.1, 0.15) is 0 Å². The Morgan fingerprint density at radius 1 is 0.800 bits per heavy atom. The lowest BCUT2D eigenvalue weighted by molar-refractivity contribution is 1.12. The van der Waals surface area contributed by atoms with Crippen molar-refractivity contribution in [3.63, 3.8) is 0 Å². The summed E-state index contributed by atoms with van der Waals surface area (Å²) in [5.41, 5.74) is 7.27. The monoisotopic (exact) mass is 471 g/mol. The molecule has 3 aromatic heterocycles. The Kier molecular flexibility index (Phi) is 4.80. The van der Waals surface area contributed by atoms with Crippen molar-refractivity contribution >= 4 is 66.0 Å². The van der Waals surface area contributed by atoms with Gasteiger partial charge in [-0.25, -0.2) is 0 Å². The van der Waals surface area contributed by atoms with Crippen LogP contribution in [-0.2, 0) is 0 Å². The van der Waals surface area contributed by atoms with E-state index in [2.05, 4.69) is 81.6 Å². The lowest BCUT2D eigenvalue weighted by Crippen LogP contribution is -2.22. The molecular weight excluding hydrogens is 446 g/mol. The molecule has 3 heteroatoms. The van der Waals surface area contributed by atoms with Crippen LogP contribution in [0.25, 0.3) is 65.8 Å². The largest absolute Gasteiger partial charge is 0.275 e. The lowest BCUT2D eigenvalue weighted by atomic mass is 9.99. The van der Waals surface area contributed by atoms with E-state index in [4.69, 9.17) is 0 Å². The van der Waals surface area contributed by atoms with Gasteiger partial charge in [0.2, 0.25) is 0 Å². The van der Waals surface area contributed by atoms with Crippen LogP contribution in [0.4, 0.5) is 0 Å². The van der Waals surface area contributed by atoms with Gasteiger partial charge in [0, 0.05) is 36.3 Å². The Labute approximate surface area is 207 Å². The van der Waals surface area contributed by atoms with Crippen LogP contribution in [0.15, 0.2) is 72.5 Å². The van der Waals surface area contributed by atoms with E-state index in [9.17, 15) is 4.79 Å². The van der Waals surface area contributed by atoms with E-state index in [-0.39, 0.29) is 5.56 Å². The molecule has 0 atom stereocenters. The van der Waals surface area contributed by atoms with Crippen molar-refractivity contribution in [2.24, 2.45) is 0 Å². The third kappa shape index (κ3) is 2.98. The molecule has 0 amide bonds. The molecule has 0 spiro atoms. The minimum Gasteiger partial charge on any atom is -0.275 e. The summed E-state index contributed by atoms with van der Waals surface area (Å²) in [6.07, 6.45) is 5.67. The molecule has 0 saturated heterocycles. The highest BCUT2D eigenvalue weighted by Crippen LogP contribution is 2.37. The highest BCUT2D eigenvalue weighted by Gasteiger charge is 2.18. The first-order valence-corrected chi connectivity index (χ1v) is 12.6. The molecule has 0 aliphatic carbocycles. The van der Waals surface area contributed by atoms with E-state index in [1.54, 1.807) is 10.5 Å². The number of benzene rings is 3. The smallest absolute Gasteiger partial charge is 0.263 e. The van der Waals surface area contributed by atoms with E-state index < -0.39 is 0 Å². The van der Waals surface area contributed by atoms with Crippen molar-refractivity contribution in [2.45, 2.75) is 20.8 Å². The van der Waals surface area contributed by atoms with E-state index in [1.165, 1.54) is 25.7 Å². The van der Waals surface area contributed by atoms with Gasteiger partial charge in [0.25, 0.3) is 5.56 Å². The third-order valence-electron chi connectivity index (χ3n) is 7.15. The van der Waals surface area contributed by atoms with Gasteiger partial charge in [0.05, 0.1) is 11.2 Å². The van der Waals surface area contributed by atoms with Crippen LogP contribution in [0.5, 0.6) is 0 Å². The molecule has 2 nitrogen and oxygen atoms in total. The average molecular weight is 472 g/mol. The minimum atomic E-state index is -0.0198. The maximum absolute atomic E-state index is 13.6. The van der Waals surface area contributed by atoms with Gasteiger partial charge >= 0.3 is 0 Å². The Hall–Kier alpha value is -3.95. The molecule has 0 aliphatic heterocycles. The first-order valence-electron chi connectivity index (χ1n) is 11.8. The van der Waals surface area contributed by atoms with E-state index >= 15 is 0 Å². The second-order valence-electron chi connectivity index (χ2n) is 9.10. The number of pyridine rings is 1. The Morgan fingerprint density at radius 3 is 2.14 bits per heavy atom. The van der Waals surface area contributed by atoms with Gasteiger partial charge < -0.3 is 0 Å². The topological polar surface area (TPSA) is 21.5 Å². The first kappa shape index (κ1) is 21.6. The summed E-state index contributed by atoms with van der Waals surface area (Å²) in [7, 11) is 0. The van der Waals surface area contributed by atoms with Gasteiger partial charge in [-0.3, -0.25) is 9.20 Å². The second-order valence-corrected chi connectivity index (χ2v) is 10.2. The van der Waals surface area contributed by atoms with Crippen LogP contribution in [0.1, 0.15) is 29.3 Å². The second kappa shape index (κ2) is 7.79. The quantitative estimate of drug-likeness (QED) is 0.257. The van der Waals surface area contributed by atoms with Crippen LogP contribution in [0.2, 0.25) is 0 Å². The molecule has 35 heavy (non-hydrogen) atoms. The molecule has 0 saturated carbocycles. The minimum absolute atomic E-state index is 0.0198. The summed E-state index contributed by atoms with van der Waals surface area (Å²) >= 11 is 1.83. The highest BCUT2D eigenvalue weighted by atomic mass is 32.1. The molecule has 0 bridgehead atoms. The van der Waals surface area contributed by atoms with Gasteiger partial charge in [-0.15, -0.1) is 11.3 Å². The fourth-order valence-corrected chi connectivity index (χ4v) is 6.70. The number of hydrogen-bond acceptors (Lipinski definition) is 2. The van der Waals surface area contributed by atoms with Gasteiger partial charge in [-0.2, -0.15) is 0 Å². The van der Waals surface area contributed by atoms with Crippen LogP contribution < -0.4 is 10.8 Å². The van der Waals surface area contributed by atoms with Crippen molar-refractivity contribution in [1.82, 2.24) is 4.40 Å². The molecule has 3 heterocycles. The predicted molar refractivity (Wildman–Crippen MR) is 155 cm³/mol. The summed E-state index contributed by atoms with van der Waals surface area (Å²) < 4.78 is 4.39. The van der Waals surface area contributed by atoms with Crippen LogP contribution in [0, 0.1) is 13.8 Å². The van der Waals surface area contributed by atoms with E-state index in [0.717, 1.165) is 44.1 Å². The standard InChI is InChI=1S/C32H25NOS/c1-6-22-19(5)31-23(7-2)27-16-20(11-14-26(27)32(34)33(31)28(22)8-3)21-10-13-25-24-12-9-18(4)15-29(24)35-30(25)17-21/h6-17H,1,3H2,2,4-5H3/b23-7-. The maximum Gasteiger partial charge on any atom is 0.263 e. The number of aromatic nitrogens is 1. The molecule has 0 aliphatic rings. The normalized spacial score (nSPS) is 12.4. The van der Waals surface area contributed by atoms with Crippen molar-refractivity contribution in [3.8, 4) is 11.1 Å². The molecule has 3 aromatic carbocycles. The van der Waals surface area contributed by atoms with Crippen molar-refractivity contribution in [3.05, 3.63) is 106 Å². The summed E-state index contributed by atoms with van der Waals surface area (Å²) in [5, 5.41) is 5.34. The molecule has 0 N–H and O–H groups in total. The predicted octanol–water partition coefficient (Wildman–Crippen LogP) is 7.91. The van der Waals surface area contributed by atoms with Crippen LogP contribution in [-0.4, -0.2) is 4.40 Å². The zero-order valence-electron chi connectivity index (χ0n) is 20.1. The Bertz CT molecular complexity index is 1980. The van der Waals surface area contributed by atoms with E-state index in [1.807, 2.05) is 30.4 Å². The van der Waals surface area contributed by atoms with E-state index in [0.29, 0.717) is 5.39 Å². The SMILES string of the molecule is C=Cc1c(C)c2/c(=C\C)c3cc(-c4ccc5c(c4)sc4cc(C)ccc45)ccc3c(=O)n2c1C=C. The molecular formula is C32H25NOS. The zero-order chi connectivity index (χ0) is 24.4. The number of thiophene rings is 1. The molecule has 170 valence electrons. The molecule has 6 aromatic rings. The molecule has 6 rings (SSSR count). The zero-order valence-corrected chi connectivity index (χ0v) is 20.9. The molecule has 0 radical (unpaired) electrons. The number of hydrogen-bond donors (Lipinski definition) is 0. The number of nitrogens with zero attached hydrogens (tertiary/aromatic N) is 1. The fourth-order valence-electron chi connectivity index (χ4n) is 5.46.